The average molecular weight is 201 g/mol. The first-order valence-electron chi connectivity index (χ1n) is 5.63. The number of ether oxygens (including phenoxy) is 2. The monoisotopic (exact) mass is 201 g/mol. The maximum absolute atomic E-state index is 5.45. The van der Waals surface area contributed by atoms with E-state index in [4.69, 9.17) is 9.47 Å². The van der Waals surface area contributed by atoms with Crippen LogP contribution in [0, 0.1) is 5.41 Å². The van der Waals surface area contributed by atoms with Crippen molar-refractivity contribution in [1.29, 1.82) is 0 Å². The molecule has 0 aliphatic carbocycles. The minimum atomic E-state index is 0.378. The van der Waals surface area contributed by atoms with E-state index in [9.17, 15) is 0 Å². The van der Waals surface area contributed by atoms with Gasteiger partial charge >= 0.3 is 0 Å². The van der Waals surface area contributed by atoms with Crippen molar-refractivity contribution in [3.63, 3.8) is 0 Å². The fourth-order valence-corrected chi connectivity index (χ4v) is 1.44. The summed E-state index contributed by atoms with van der Waals surface area (Å²) in [6.07, 6.45) is 2.38. The first-order chi connectivity index (χ1) is 6.77. The zero-order valence-electron chi connectivity index (χ0n) is 9.47. The van der Waals surface area contributed by atoms with Crippen LogP contribution in [-0.2, 0) is 9.47 Å². The molecule has 1 rings (SSSR count). The molecule has 1 N–H and O–H groups in total. The lowest BCUT2D eigenvalue weighted by Crippen LogP contribution is -2.47. The smallest absolute Gasteiger partial charge is 0.0590 e. The van der Waals surface area contributed by atoms with Crippen LogP contribution in [0.25, 0.3) is 0 Å². The van der Waals surface area contributed by atoms with Crippen LogP contribution in [0.1, 0.15) is 26.7 Å². The number of hydrogen-bond donors (Lipinski definition) is 1. The minimum absolute atomic E-state index is 0.378. The van der Waals surface area contributed by atoms with Crippen molar-refractivity contribution < 1.29 is 9.47 Å². The molecule has 0 spiro atoms. The third-order valence-corrected chi connectivity index (χ3v) is 2.52. The molecule has 3 nitrogen and oxygen atoms in total. The van der Waals surface area contributed by atoms with Crippen molar-refractivity contribution in [2.24, 2.45) is 5.41 Å². The molecule has 0 aromatic rings. The van der Waals surface area contributed by atoms with Gasteiger partial charge in [-0.05, 0) is 6.42 Å². The predicted molar refractivity (Wildman–Crippen MR) is 57.5 cm³/mol. The zero-order valence-corrected chi connectivity index (χ0v) is 9.47. The normalized spacial score (nSPS) is 19.3. The summed E-state index contributed by atoms with van der Waals surface area (Å²) >= 11 is 0. The molecule has 0 amide bonds. The van der Waals surface area contributed by atoms with Crippen molar-refractivity contribution in [2.45, 2.75) is 26.7 Å². The van der Waals surface area contributed by atoms with E-state index in [-0.39, 0.29) is 0 Å². The molecule has 14 heavy (non-hydrogen) atoms. The largest absolute Gasteiger partial charge is 0.380 e. The third-order valence-electron chi connectivity index (χ3n) is 2.52. The van der Waals surface area contributed by atoms with Crippen molar-refractivity contribution >= 4 is 0 Å². The van der Waals surface area contributed by atoms with Crippen LogP contribution < -0.4 is 5.32 Å². The molecule has 0 bridgehead atoms. The van der Waals surface area contributed by atoms with E-state index in [2.05, 4.69) is 19.2 Å². The molecule has 1 heterocycles. The Balaban J connectivity index is 1.80. The Morgan fingerprint density at radius 1 is 1.36 bits per heavy atom. The summed E-state index contributed by atoms with van der Waals surface area (Å²) < 4.78 is 10.6. The number of unbranched alkanes of at least 4 members (excludes halogenated alkanes) is 1. The molecule has 0 unspecified atom stereocenters. The van der Waals surface area contributed by atoms with Crippen LogP contribution in [0.5, 0.6) is 0 Å². The number of hydrogen-bond acceptors (Lipinski definition) is 3. The fraction of sp³-hybridized carbons (Fsp3) is 1.00. The standard InChI is InChI=1S/C11H23NO2/c1-3-4-6-13-7-5-12-8-11(2)9-14-10-11/h12H,3-10H2,1-2H3. The molecule has 84 valence electrons. The molecule has 0 radical (unpaired) electrons. The first kappa shape index (κ1) is 12.0. The highest BCUT2D eigenvalue weighted by Gasteiger charge is 2.32. The highest BCUT2D eigenvalue weighted by molar-refractivity contribution is 4.82. The van der Waals surface area contributed by atoms with Crippen LogP contribution in [0.4, 0.5) is 0 Å². The van der Waals surface area contributed by atoms with E-state index in [1.165, 1.54) is 12.8 Å². The van der Waals surface area contributed by atoms with Gasteiger partial charge in [0.05, 0.1) is 19.8 Å². The van der Waals surface area contributed by atoms with Gasteiger partial charge in [-0.3, -0.25) is 0 Å². The lowest BCUT2D eigenvalue weighted by Gasteiger charge is -2.38. The van der Waals surface area contributed by atoms with E-state index in [1.54, 1.807) is 0 Å². The molecule has 0 aromatic carbocycles. The summed E-state index contributed by atoms with van der Waals surface area (Å²) in [6, 6.07) is 0. The van der Waals surface area contributed by atoms with E-state index in [0.717, 1.165) is 39.5 Å². The lowest BCUT2D eigenvalue weighted by molar-refractivity contribution is -0.0993. The number of rotatable bonds is 8. The second-order valence-corrected chi connectivity index (χ2v) is 4.45. The van der Waals surface area contributed by atoms with Gasteiger partial charge in [0, 0.05) is 25.1 Å². The van der Waals surface area contributed by atoms with Crippen LogP contribution in [0.3, 0.4) is 0 Å². The molecule has 0 atom stereocenters. The van der Waals surface area contributed by atoms with E-state index in [1.807, 2.05) is 0 Å². The van der Waals surface area contributed by atoms with Crippen molar-refractivity contribution in [3.05, 3.63) is 0 Å². The van der Waals surface area contributed by atoms with Gasteiger partial charge in [-0.25, -0.2) is 0 Å². The topological polar surface area (TPSA) is 30.5 Å². The first-order valence-corrected chi connectivity index (χ1v) is 5.63. The van der Waals surface area contributed by atoms with E-state index in [0.29, 0.717) is 5.41 Å². The molecule has 1 saturated heterocycles. The van der Waals surface area contributed by atoms with Crippen LogP contribution >= 0.6 is 0 Å². The average Bonchev–Trinajstić information content (AvgIpc) is 2.14. The van der Waals surface area contributed by atoms with Crippen LogP contribution in [-0.4, -0.2) is 39.5 Å². The van der Waals surface area contributed by atoms with Gasteiger partial charge < -0.3 is 14.8 Å². The zero-order chi connectivity index (χ0) is 10.3. The van der Waals surface area contributed by atoms with Crippen LogP contribution in [0.2, 0.25) is 0 Å². The summed E-state index contributed by atoms with van der Waals surface area (Å²) in [7, 11) is 0. The van der Waals surface area contributed by atoms with Crippen LogP contribution in [0.15, 0.2) is 0 Å². The second-order valence-electron chi connectivity index (χ2n) is 4.45. The molecule has 1 aliphatic rings. The Morgan fingerprint density at radius 3 is 2.71 bits per heavy atom. The predicted octanol–water partition coefficient (Wildman–Crippen LogP) is 1.43. The quantitative estimate of drug-likeness (QED) is 0.603. The Labute approximate surface area is 87.2 Å². The maximum Gasteiger partial charge on any atom is 0.0590 e. The van der Waals surface area contributed by atoms with E-state index < -0.39 is 0 Å². The van der Waals surface area contributed by atoms with Gasteiger partial charge in [0.2, 0.25) is 0 Å². The van der Waals surface area contributed by atoms with Gasteiger partial charge in [0.15, 0.2) is 0 Å². The molecule has 1 fully saturated rings. The van der Waals surface area contributed by atoms with Gasteiger partial charge in [0.1, 0.15) is 0 Å². The maximum atomic E-state index is 5.45. The van der Waals surface area contributed by atoms with Gasteiger partial charge in [-0.1, -0.05) is 20.3 Å². The Hall–Kier alpha value is -0.120. The lowest BCUT2D eigenvalue weighted by atomic mass is 9.89. The summed E-state index contributed by atoms with van der Waals surface area (Å²) in [5.41, 5.74) is 0.378. The Bertz CT molecular complexity index is 146. The molecule has 0 aromatic heterocycles. The molecule has 3 heteroatoms. The molecular weight excluding hydrogens is 178 g/mol. The number of nitrogens with one attached hydrogen (secondary N) is 1. The van der Waals surface area contributed by atoms with Gasteiger partial charge in [0.25, 0.3) is 0 Å². The summed E-state index contributed by atoms with van der Waals surface area (Å²) in [4.78, 5) is 0. The molecular formula is C11H23NO2. The Kier molecular flexibility index (Phi) is 5.45. The highest BCUT2D eigenvalue weighted by Crippen LogP contribution is 2.24. The van der Waals surface area contributed by atoms with Gasteiger partial charge in [-0.2, -0.15) is 0 Å². The van der Waals surface area contributed by atoms with E-state index >= 15 is 0 Å². The summed E-state index contributed by atoms with van der Waals surface area (Å²) in [6.45, 7) is 9.97. The highest BCUT2D eigenvalue weighted by atomic mass is 16.5. The third kappa shape index (κ3) is 4.40. The summed E-state index contributed by atoms with van der Waals surface area (Å²) in [5, 5.41) is 3.40. The second kappa shape index (κ2) is 6.38. The van der Waals surface area contributed by atoms with Crippen molar-refractivity contribution in [2.75, 3.05) is 39.5 Å². The fourth-order valence-electron chi connectivity index (χ4n) is 1.44. The summed E-state index contributed by atoms with van der Waals surface area (Å²) in [5.74, 6) is 0. The van der Waals surface area contributed by atoms with Gasteiger partial charge in [-0.15, -0.1) is 0 Å². The van der Waals surface area contributed by atoms with Crippen molar-refractivity contribution in [3.8, 4) is 0 Å². The molecule has 1 aliphatic heterocycles. The SMILES string of the molecule is CCCCOCCNCC1(C)COC1. The Morgan fingerprint density at radius 2 is 2.14 bits per heavy atom. The molecule has 0 saturated carbocycles. The minimum Gasteiger partial charge on any atom is -0.380 e. The van der Waals surface area contributed by atoms with Crippen molar-refractivity contribution in [1.82, 2.24) is 5.32 Å².